The Morgan fingerprint density at radius 1 is 1.43 bits per heavy atom. The van der Waals surface area contributed by atoms with Crippen molar-refractivity contribution in [2.75, 3.05) is 13.1 Å². The second-order valence-electron chi connectivity index (χ2n) is 5.87. The van der Waals surface area contributed by atoms with Crippen molar-refractivity contribution in [2.24, 2.45) is 0 Å². The first-order chi connectivity index (χ1) is 9.95. The third-order valence-corrected chi connectivity index (χ3v) is 5.72. The van der Waals surface area contributed by atoms with Gasteiger partial charge in [0.15, 0.2) is 5.03 Å². The van der Waals surface area contributed by atoms with Crippen LogP contribution in [0.15, 0.2) is 17.6 Å². The molecule has 2 rings (SSSR count). The zero-order valence-corrected chi connectivity index (χ0v) is 13.9. The van der Waals surface area contributed by atoms with Gasteiger partial charge in [0.2, 0.25) is 0 Å². The van der Waals surface area contributed by atoms with Crippen LogP contribution in [0, 0.1) is 0 Å². The Morgan fingerprint density at radius 2 is 2.19 bits per heavy atom. The fourth-order valence-electron chi connectivity index (χ4n) is 2.63. The molecule has 0 saturated carbocycles. The minimum absolute atomic E-state index is 0.0259. The summed E-state index contributed by atoms with van der Waals surface area (Å²) in [5.74, 6) is 0. The van der Waals surface area contributed by atoms with Crippen molar-refractivity contribution in [3.05, 3.63) is 12.5 Å². The molecule has 1 fully saturated rings. The summed E-state index contributed by atoms with van der Waals surface area (Å²) >= 11 is 0. The van der Waals surface area contributed by atoms with Crippen molar-refractivity contribution in [1.29, 1.82) is 0 Å². The normalized spacial score (nSPS) is 21.0. The monoisotopic (exact) mass is 314 g/mol. The summed E-state index contributed by atoms with van der Waals surface area (Å²) in [6, 6.07) is 0.383. The van der Waals surface area contributed by atoms with Gasteiger partial charge in [-0.3, -0.25) is 0 Å². The maximum absolute atomic E-state index is 12.8. The fourth-order valence-corrected chi connectivity index (χ4v) is 4.26. The quantitative estimate of drug-likeness (QED) is 0.863. The first-order valence-corrected chi connectivity index (χ1v) is 9.16. The van der Waals surface area contributed by atoms with Crippen molar-refractivity contribution in [1.82, 2.24) is 19.2 Å². The predicted octanol–water partition coefficient (Wildman–Crippen LogP) is 1.44. The molecule has 0 radical (unpaired) electrons. The van der Waals surface area contributed by atoms with Crippen LogP contribution in [-0.2, 0) is 16.6 Å². The number of hydrogen-bond donors (Lipinski definition) is 1. The van der Waals surface area contributed by atoms with Crippen LogP contribution in [0.25, 0.3) is 0 Å². The number of imidazole rings is 1. The van der Waals surface area contributed by atoms with E-state index in [1.807, 2.05) is 6.92 Å². The molecule has 0 aliphatic carbocycles. The molecule has 6 nitrogen and oxygen atoms in total. The molecule has 7 heteroatoms. The Balaban J connectivity index is 2.18. The molecule has 0 spiro atoms. The third-order valence-electron chi connectivity index (χ3n) is 3.88. The highest BCUT2D eigenvalue weighted by atomic mass is 32.2. The van der Waals surface area contributed by atoms with E-state index in [-0.39, 0.29) is 11.1 Å². The first-order valence-electron chi connectivity index (χ1n) is 7.72. The highest BCUT2D eigenvalue weighted by Gasteiger charge is 2.34. The predicted molar refractivity (Wildman–Crippen MR) is 82.6 cm³/mol. The van der Waals surface area contributed by atoms with E-state index in [1.54, 1.807) is 21.4 Å². The highest BCUT2D eigenvalue weighted by Crippen LogP contribution is 2.24. The number of sulfonamides is 1. The standard InChI is InChI=1S/C14H26N4O2S/c1-4-17-10-14(16-11-17)21(19,20)18-8-6-5-7-13(18)9-15-12(2)3/h10-13,15H,4-9H2,1-3H3. The summed E-state index contributed by atoms with van der Waals surface area (Å²) in [4.78, 5) is 4.08. The average Bonchev–Trinajstić information content (AvgIpc) is 2.95. The van der Waals surface area contributed by atoms with E-state index < -0.39 is 10.0 Å². The van der Waals surface area contributed by atoms with E-state index in [4.69, 9.17) is 0 Å². The largest absolute Gasteiger partial charge is 0.336 e. The van der Waals surface area contributed by atoms with Crippen LogP contribution >= 0.6 is 0 Å². The van der Waals surface area contributed by atoms with Gasteiger partial charge in [0, 0.05) is 37.9 Å². The lowest BCUT2D eigenvalue weighted by Gasteiger charge is -2.34. The molecule has 21 heavy (non-hydrogen) atoms. The van der Waals surface area contributed by atoms with E-state index in [1.165, 1.54) is 0 Å². The number of aryl methyl sites for hydroxylation is 1. The number of rotatable bonds is 6. The van der Waals surface area contributed by atoms with Gasteiger partial charge in [0.1, 0.15) is 0 Å². The van der Waals surface area contributed by atoms with Crippen LogP contribution in [0.3, 0.4) is 0 Å². The smallest absolute Gasteiger partial charge is 0.262 e. The van der Waals surface area contributed by atoms with Crippen LogP contribution < -0.4 is 5.32 Å². The number of hydrogen-bond acceptors (Lipinski definition) is 4. The van der Waals surface area contributed by atoms with Crippen LogP contribution in [0.2, 0.25) is 0 Å². The Labute approximate surface area is 127 Å². The van der Waals surface area contributed by atoms with Crippen LogP contribution in [0.1, 0.15) is 40.0 Å². The van der Waals surface area contributed by atoms with Crippen LogP contribution in [0.5, 0.6) is 0 Å². The van der Waals surface area contributed by atoms with Gasteiger partial charge < -0.3 is 9.88 Å². The second-order valence-corrected chi connectivity index (χ2v) is 7.71. The lowest BCUT2D eigenvalue weighted by molar-refractivity contribution is 0.241. The average molecular weight is 314 g/mol. The van der Waals surface area contributed by atoms with Crippen LogP contribution in [-0.4, -0.2) is 47.4 Å². The summed E-state index contributed by atoms with van der Waals surface area (Å²) in [6.45, 7) is 8.13. The second kappa shape index (κ2) is 6.89. The highest BCUT2D eigenvalue weighted by molar-refractivity contribution is 7.89. The van der Waals surface area contributed by atoms with E-state index in [2.05, 4.69) is 24.1 Å². The fraction of sp³-hybridized carbons (Fsp3) is 0.786. The SMILES string of the molecule is CCn1cnc(S(=O)(=O)N2CCCCC2CNC(C)C)c1. The molecule has 120 valence electrons. The molecule has 0 aromatic carbocycles. The molecule has 1 aliphatic heterocycles. The maximum atomic E-state index is 12.8. The molecule has 0 amide bonds. The van der Waals surface area contributed by atoms with Gasteiger partial charge in [-0.1, -0.05) is 20.3 Å². The molecule has 0 bridgehead atoms. The lowest BCUT2D eigenvalue weighted by atomic mass is 10.0. The Bertz CT molecular complexity index is 553. The van der Waals surface area contributed by atoms with Crippen molar-refractivity contribution >= 4 is 10.0 Å². The van der Waals surface area contributed by atoms with Crippen molar-refractivity contribution in [3.8, 4) is 0 Å². The summed E-state index contributed by atoms with van der Waals surface area (Å²) in [5, 5.41) is 3.52. The van der Waals surface area contributed by atoms with Gasteiger partial charge in [0.25, 0.3) is 10.0 Å². The number of nitrogens with one attached hydrogen (secondary N) is 1. The Morgan fingerprint density at radius 3 is 2.81 bits per heavy atom. The van der Waals surface area contributed by atoms with Gasteiger partial charge in [-0.25, -0.2) is 13.4 Å². The number of piperidine rings is 1. The summed E-state index contributed by atoms with van der Waals surface area (Å²) in [6.07, 6.45) is 6.12. The number of nitrogens with zero attached hydrogens (tertiary/aromatic N) is 3. The molecule has 1 aromatic rings. The molecule has 1 aromatic heterocycles. The zero-order chi connectivity index (χ0) is 15.5. The van der Waals surface area contributed by atoms with Gasteiger partial charge in [-0.15, -0.1) is 0 Å². The molecular weight excluding hydrogens is 288 g/mol. The van der Waals surface area contributed by atoms with Crippen molar-refractivity contribution in [2.45, 2.75) is 63.7 Å². The molecule has 1 saturated heterocycles. The maximum Gasteiger partial charge on any atom is 0.262 e. The third kappa shape index (κ3) is 3.84. The molecule has 2 heterocycles. The van der Waals surface area contributed by atoms with Crippen molar-refractivity contribution < 1.29 is 8.42 Å². The summed E-state index contributed by atoms with van der Waals surface area (Å²) in [5.41, 5.74) is 0. The summed E-state index contributed by atoms with van der Waals surface area (Å²) in [7, 11) is -3.49. The van der Waals surface area contributed by atoms with Gasteiger partial charge in [0.05, 0.1) is 6.33 Å². The lowest BCUT2D eigenvalue weighted by Crippen LogP contribution is -2.49. The van der Waals surface area contributed by atoms with E-state index >= 15 is 0 Å². The molecule has 1 aliphatic rings. The Hall–Kier alpha value is -0.920. The van der Waals surface area contributed by atoms with Gasteiger partial charge >= 0.3 is 0 Å². The minimum Gasteiger partial charge on any atom is -0.336 e. The molecule has 1 unspecified atom stereocenters. The molecular formula is C14H26N4O2S. The Kier molecular flexibility index (Phi) is 5.40. The summed E-state index contributed by atoms with van der Waals surface area (Å²) < 4.78 is 29.0. The van der Waals surface area contributed by atoms with E-state index in [0.29, 0.717) is 19.1 Å². The molecule has 1 N–H and O–H groups in total. The minimum atomic E-state index is -3.49. The van der Waals surface area contributed by atoms with Crippen molar-refractivity contribution in [3.63, 3.8) is 0 Å². The zero-order valence-electron chi connectivity index (χ0n) is 13.1. The van der Waals surface area contributed by atoms with Crippen LogP contribution in [0.4, 0.5) is 0 Å². The van der Waals surface area contributed by atoms with Gasteiger partial charge in [-0.2, -0.15) is 4.31 Å². The molecule has 1 atom stereocenters. The van der Waals surface area contributed by atoms with E-state index in [0.717, 1.165) is 25.8 Å². The first kappa shape index (κ1) is 16.5. The topological polar surface area (TPSA) is 67.2 Å². The van der Waals surface area contributed by atoms with E-state index in [9.17, 15) is 8.42 Å². The van der Waals surface area contributed by atoms with Gasteiger partial charge in [-0.05, 0) is 19.8 Å². The number of aromatic nitrogens is 2.